The van der Waals surface area contributed by atoms with Crippen molar-refractivity contribution in [2.75, 3.05) is 11.9 Å². The molecule has 0 fully saturated rings. The minimum atomic E-state index is 0.0334. The van der Waals surface area contributed by atoms with Crippen molar-refractivity contribution < 1.29 is 8.83 Å². The van der Waals surface area contributed by atoms with Gasteiger partial charge in [-0.3, -0.25) is 0 Å². The molecule has 0 amide bonds. The van der Waals surface area contributed by atoms with Crippen LogP contribution in [0, 0.1) is 0 Å². The predicted molar refractivity (Wildman–Crippen MR) is 250 cm³/mol. The number of hydrogen-bond acceptors (Lipinski definition) is 6. The minimum Gasteiger partial charge on any atom is -0.456 e. The molecular formula is C55H34N4O2. The Labute approximate surface area is 349 Å². The summed E-state index contributed by atoms with van der Waals surface area (Å²) in [6.07, 6.45) is 4.52. The van der Waals surface area contributed by atoms with Crippen LogP contribution in [0.1, 0.15) is 17.2 Å². The summed E-state index contributed by atoms with van der Waals surface area (Å²) in [5.41, 5.74) is 15.5. The van der Waals surface area contributed by atoms with Crippen LogP contribution < -0.4 is 4.90 Å². The van der Waals surface area contributed by atoms with Crippen molar-refractivity contribution >= 4 is 88.3 Å². The topological polar surface area (TPSA) is 68.2 Å². The molecule has 6 heteroatoms. The molecule has 286 valence electrons. The van der Waals surface area contributed by atoms with Crippen molar-refractivity contribution in [1.82, 2.24) is 15.0 Å². The lowest BCUT2D eigenvalue weighted by molar-refractivity contribution is 0.668. The fraction of sp³-hybridized carbons (Fsp3) is 0.0364. The Hall–Kier alpha value is -8.09. The van der Waals surface area contributed by atoms with E-state index in [9.17, 15) is 0 Å². The van der Waals surface area contributed by atoms with Crippen molar-refractivity contribution in [2.24, 2.45) is 0 Å². The standard InChI is InChI=1S/C55H34N4O2/c1-59-47(39-22-28-51-43(31-39)41-10-3-5-12-49(41)61-51)26-20-35-16-15-34-19-25-45(58-54(34)55(35)59)37-8-6-7-36(29-37)44-23-17-32-13-14-33-18-24-46(57-53(33)52(32)56-44)38-21-27-50-42(30-38)40-9-2-4-11-48(40)60-50/h2-31,47H,1H3. The van der Waals surface area contributed by atoms with Gasteiger partial charge in [0, 0.05) is 61.4 Å². The Morgan fingerprint density at radius 2 is 0.934 bits per heavy atom. The summed E-state index contributed by atoms with van der Waals surface area (Å²) in [5.74, 6) is 0. The zero-order chi connectivity index (χ0) is 40.2. The van der Waals surface area contributed by atoms with E-state index in [0.717, 1.165) is 122 Å². The number of rotatable bonds is 4. The molecule has 0 saturated carbocycles. The first-order valence-corrected chi connectivity index (χ1v) is 20.6. The van der Waals surface area contributed by atoms with Gasteiger partial charge in [0.05, 0.1) is 45.4 Å². The number of nitrogens with zero attached hydrogens (tertiary/aromatic N) is 4. The maximum absolute atomic E-state index is 6.15. The van der Waals surface area contributed by atoms with Crippen LogP contribution in [-0.2, 0) is 0 Å². The second kappa shape index (κ2) is 13.0. The van der Waals surface area contributed by atoms with E-state index in [1.807, 2.05) is 36.4 Å². The number of pyridine rings is 3. The first-order chi connectivity index (χ1) is 30.1. The van der Waals surface area contributed by atoms with Crippen molar-refractivity contribution in [3.05, 3.63) is 187 Å². The highest BCUT2D eigenvalue weighted by atomic mass is 16.3. The molecule has 7 aromatic carbocycles. The molecule has 1 aliphatic heterocycles. The molecule has 5 aromatic heterocycles. The van der Waals surface area contributed by atoms with Gasteiger partial charge in [0.2, 0.25) is 0 Å². The molecule has 0 aliphatic carbocycles. The summed E-state index contributed by atoms with van der Waals surface area (Å²) >= 11 is 0. The van der Waals surface area contributed by atoms with Gasteiger partial charge in [-0.2, -0.15) is 0 Å². The monoisotopic (exact) mass is 782 g/mol. The number of para-hydroxylation sites is 2. The molecule has 1 unspecified atom stereocenters. The summed E-state index contributed by atoms with van der Waals surface area (Å²) in [5, 5.41) is 7.64. The first-order valence-electron chi connectivity index (χ1n) is 20.6. The molecule has 6 nitrogen and oxygen atoms in total. The minimum absolute atomic E-state index is 0.0334. The van der Waals surface area contributed by atoms with Crippen molar-refractivity contribution in [3.63, 3.8) is 0 Å². The maximum atomic E-state index is 6.15. The summed E-state index contributed by atoms with van der Waals surface area (Å²) in [6.45, 7) is 0. The number of hydrogen-bond donors (Lipinski definition) is 0. The van der Waals surface area contributed by atoms with Gasteiger partial charge in [-0.1, -0.05) is 115 Å². The van der Waals surface area contributed by atoms with E-state index in [2.05, 4.69) is 158 Å². The van der Waals surface area contributed by atoms with Crippen molar-refractivity contribution in [1.29, 1.82) is 0 Å². The third-order valence-corrected chi connectivity index (χ3v) is 12.5. The van der Waals surface area contributed by atoms with Gasteiger partial charge in [-0.25, -0.2) is 15.0 Å². The van der Waals surface area contributed by atoms with Crippen LogP contribution in [0.2, 0.25) is 0 Å². The SMILES string of the molecule is CN1c2c(ccc3ccc(-c4cccc(-c5ccc6ccc7ccc(-c8ccc9oc%10ccccc%10c9c8)nc7c6n5)c4)nc23)C=CC1c1ccc2oc3ccccc3c2c1. The van der Waals surface area contributed by atoms with Crippen molar-refractivity contribution in [3.8, 4) is 33.8 Å². The number of likely N-dealkylation sites (N-methyl/N-ethyl adjacent to an activating group) is 1. The summed E-state index contributed by atoms with van der Waals surface area (Å²) in [7, 11) is 2.17. The van der Waals surface area contributed by atoms with Crippen LogP contribution in [0.4, 0.5) is 5.69 Å². The van der Waals surface area contributed by atoms with Gasteiger partial charge in [0.25, 0.3) is 0 Å². The Balaban J connectivity index is 0.867. The molecule has 0 bridgehead atoms. The van der Waals surface area contributed by atoms with E-state index in [1.54, 1.807) is 0 Å². The van der Waals surface area contributed by atoms with Crippen LogP contribution in [0.3, 0.4) is 0 Å². The summed E-state index contributed by atoms with van der Waals surface area (Å²) < 4.78 is 12.3. The lowest BCUT2D eigenvalue weighted by atomic mass is 9.95. The van der Waals surface area contributed by atoms with Crippen molar-refractivity contribution in [2.45, 2.75) is 6.04 Å². The molecule has 6 heterocycles. The number of furan rings is 2. The van der Waals surface area contributed by atoms with E-state index >= 15 is 0 Å². The highest BCUT2D eigenvalue weighted by Gasteiger charge is 2.25. The number of anilines is 1. The van der Waals surface area contributed by atoms with Crippen LogP contribution in [-0.4, -0.2) is 22.0 Å². The normalized spacial score (nSPS) is 14.0. The van der Waals surface area contributed by atoms with E-state index in [-0.39, 0.29) is 6.04 Å². The molecule has 0 saturated heterocycles. The quantitative estimate of drug-likeness (QED) is 0.166. The molecule has 12 aromatic rings. The zero-order valence-corrected chi connectivity index (χ0v) is 33.0. The van der Waals surface area contributed by atoms with E-state index in [0.29, 0.717) is 0 Å². The Bertz CT molecular complexity index is 3820. The van der Waals surface area contributed by atoms with Gasteiger partial charge < -0.3 is 13.7 Å². The van der Waals surface area contributed by atoms with Crippen LogP contribution in [0.15, 0.2) is 185 Å². The third kappa shape index (κ3) is 5.32. The zero-order valence-electron chi connectivity index (χ0n) is 33.0. The fourth-order valence-corrected chi connectivity index (χ4v) is 9.39. The highest BCUT2D eigenvalue weighted by molar-refractivity contribution is 6.08. The molecule has 1 aliphatic rings. The molecule has 0 N–H and O–H groups in total. The Kier molecular flexibility index (Phi) is 7.19. The van der Waals surface area contributed by atoms with Gasteiger partial charge in [-0.15, -0.1) is 0 Å². The molecule has 1 atom stereocenters. The van der Waals surface area contributed by atoms with Gasteiger partial charge >= 0.3 is 0 Å². The van der Waals surface area contributed by atoms with Crippen LogP contribution in [0.25, 0.3) is 116 Å². The van der Waals surface area contributed by atoms with Crippen LogP contribution >= 0.6 is 0 Å². The van der Waals surface area contributed by atoms with E-state index in [4.69, 9.17) is 23.8 Å². The number of fused-ring (bicyclic) bond motifs is 12. The van der Waals surface area contributed by atoms with E-state index < -0.39 is 0 Å². The average molecular weight is 783 g/mol. The largest absolute Gasteiger partial charge is 0.456 e. The average Bonchev–Trinajstić information content (AvgIpc) is 3.89. The van der Waals surface area contributed by atoms with E-state index in [1.165, 1.54) is 5.56 Å². The smallest absolute Gasteiger partial charge is 0.135 e. The molecule has 13 rings (SSSR count). The number of aromatic nitrogens is 3. The lowest BCUT2D eigenvalue weighted by Gasteiger charge is -2.33. The molecule has 61 heavy (non-hydrogen) atoms. The molecular weight excluding hydrogens is 749 g/mol. The van der Waals surface area contributed by atoms with Gasteiger partial charge in [0.1, 0.15) is 22.3 Å². The molecule has 0 radical (unpaired) electrons. The molecule has 0 spiro atoms. The third-order valence-electron chi connectivity index (χ3n) is 12.5. The highest BCUT2D eigenvalue weighted by Crippen LogP contribution is 2.42. The predicted octanol–water partition coefficient (Wildman–Crippen LogP) is 14.3. The Morgan fingerprint density at radius 1 is 0.426 bits per heavy atom. The van der Waals surface area contributed by atoms with Gasteiger partial charge in [0.15, 0.2) is 0 Å². The fourth-order valence-electron chi connectivity index (χ4n) is 9.39. The van der Waals surface area contributed by atoms with Crippen LogP contribution in [0.5, 0.6) is 0 Å². The second-order valence-corrected chi connectivity index (χ2v) is 16.0. The lowest BCUT2D eigenvalue weighted by Crippen LogP contribution is -2.26. The summed E-state index contributed by atoms with van der Waals surface area (Å²) in [6, 6.07) is 59.3. The van der Waals surface area contributed by atoms with Gasteiger partial charge in [-0.05, 0) is 77.9 Å². The number of benzene rings is 7. The first kappa shape index (κ1) is 33.8. The maximum Gasteiger partial charge on any atom is 0.135 e. The Morgan fingerprint density at radius 3 is 1.59 bits per heavy atom. The summed E-state index contributed by atoms with van der Waals surface area (Å²) in [4.78, 5) is 18.3. The second-order valence-electron chi connectivity index (χ2n) is 16.0.